The number of aromatic nitrogens is 1. The van der Waals surface area contributed by atoms with E-state index in [-0.39, 0.29) is 0 Å². The van der Waals surface area contributed by atoms with Crippen LogP contribution in [0.4, 0.5) is 0 Å². The molecule has 0 saturated heterocycles. The van der Waals surface area contributed by atoms with Gasteiger partial charge < -0.3 is 4.52 Å². The van der Waals surface area contributed by atoms with Crippen molar-refractivity contribution in [1.29, 1.82) is 0 Å². The van der Waals surface area contributed by atoms with E-state index in [1.807, 2.05) is 6.20 Å². The molecule has 0 aromatic carbocycles. The Morgan fingerprint density at radius 1 is 1.18 bits per heavy atom. The Hall–Kier alpha value is -0.790. The predicted molar refractivity (Wildman–Crippen MR) is 44.7 cm³/mol. The van der Waals surface area contributed by atoms with E-state index in [9.17, 15) is 0 Å². The van der Waals surface area contributed by atoms with E-state index in [1.54, 1.807) is 0 Å². The van der Waals surface area contributed by atoms with Gasteiger partial charge in [0.2, 0.25) is 0 Å². The van der Waals surface area contributed by atoms with Gasteiger partial charge in [-0.1, -0.05) is 32.9 Å². The molecule has 2 nitrogen and oxygen atoms in total. The molecule has 0 N–H and O–H groups in total. The number of hydrogen-bond acceptors (Lipinski definition) is 2. The van der Waals surface area contributed by atoms with Gasteiger partial charge in [-0.3, -0.25) is 0 Å². The van der Waals surface area contributed by atoms with Crippen LogP contribution in [0.15, 0.2) is 10.7 Å². The molecule has 0 spiro atoms. The molecule has 0 amide bonds. The van der Waals surface area contributed by atoms with Crippen LogP contribution in [0, 0.1) is 0 Å². The van der Waals surface area contributed by atoms with Gasteiger partial charge in [0.25, 0.3) is 0 Å². The second-order valence-electron chi connectivity index (χ2n) is 3.45. The molecule has 0 bridgehead atoms. The molecule has 1 rings (SSSR count). The first kappa shape index (κ1) is 8.31. The summed E-state index contributed by atoms with van der Waals surface area (Å²) in [5.74, 6) is 1.98. The van der Waals surface area contributed by atoms with Crippen LogP contribution < -0.4 is 0 Å². The Morgan fingerprint density at radius 2 is 1.82 bits per heavy atom. The summed E-state index contributed by atoms with van der Waals surface area (Å²) in [4.78, 5) is 0. The van der Waals surface area contributed by atoms with Gasteiger partial charge in [-0.2, -0.15) is 0 Å². The lowest BCUT2D eigenvalue weighted by Gasteiger charge is -2.05. The highest BCUT2D eigenvalue weighted by Gasteiger charge is 2.13. The zero-order valence-electron chi connectivity index (χ0n) is 7.59. The van der Waals surface area contributed by atoms with Gasteiger partial charge in [-0.25, -0.2) is 0 Å². The molecule has 0 saturated carbocycles. The van der Waals surface area contributed by atoms with E-state index in [2.05, 4.69) is 32.9 Å². The molecular formula is C9H15NO. The summed E-state index contributed by atoms with van der Waals surface area (Å²) >= 11 is 0. The van der Waals surface area contributed by atoms with Crippen LogP contribution in [0.2, 0.25) is 0 Å². The third kappa shape index (κ3) is 1.62. The average molecular weight is 153 g/mol. The highest BCUT2D eigenvalue weighted by atomic mass is 16.5. The van der Waals surface area contributed by atoms with Crippen molar-refractivity contribution in [1.82, 2.24) is 5.16 Å². The average Bonchev–Trinajstić information content (AvgIpc) is 2.32. The Bertz CT molecular complexity index is 203. The third-order valence-electron chi connectivity index (χ3n) is 1.77. The summed E-state index contributed by atoms with van der Waals surface area (Å²) in [6, 6.07) is 0. The van der Waals surface area contributed by atoms with Gasteiger partial charge in [-0.15, -0.1) is 0 Å². The van der Waals surface area contributed by atoms with Crippen molar-refractivity contribution in [3.8, 4) is 0 Å². The minimum absolute atomic E-state index is 0.440. The Balaban J connectivity index is 2.96. The van der Waals surface area contributed by atoms with Crippen molar-refractivity contribution < 1.29 is 4.52 Å². The van der Waals surface area contributed by atoms with Crippen molar-refractivity contribution in [2.45, 2.75) is 39.5 Å². The monoisotopic (exact) mass is 153 g/mol. The van der Waals surface area contributed by atoms with Crippen LogP contribution in [0.1, 0.15) is 50.9 Å². The highest BCUT2D eigenvalue weighted by molar-refractivity contribution is 5.19. The quantitative estimate of drug-likeness (QED) is 0.653. The Morgan fingerprint density at radius 3 is 2.18 bits per heavy atom. The fraction of sp³-hybridized carbons (Fsp3) is 0.667. The molecular weight excluding hydrogens is 138 g/mol. The molecule has 0 aliphatic carbocycles. The smallest absolute Gasteiger partial charge is 0.142 e. The highest BCUT2D eigenvalue weighted by Crippen LogP contribution is 2.24. The zero-order valence-corrected chi connectivity index (χ0v) is 7.59. The number of nitrogens with zero attached hydrogens (tertiary/aromatic N) is 1. The summed E-state index contributed by atoms with van der Waals surface area (Å²) < 4.78 is 5.14. The van der Waals surface area contributed by atoms with Gasteiger partial charge in [0.15, 0.2) is 0 Å². The first-order chi connectivity index (χ1) is 5.13. The first-order valence-electron chi connectivity index (χ1n) is 4.07. The fourth-order valence-electron chi connectivity index (χ4n) is 1.13. The topological polar surface area (TPSA) is 26.0 Å². The van der Waals surface area contributed by atoms with E-state index in [0.717, 1.165) is 5.76 Å². The van der Waals surface area contributed by atoms with E-state index >= 15 is 0 Å². The third-order valence-corrected chi connectivity index (χ3v) is 1.77. The molecule has 1 aromatic rings. The van der Waals surface area contributed by atoms with Crippen molar-refractivity contribution in [3.05, 3.63) is 17.5 Å². The van der Waals surface area contributed by atoms with Gasteiger partial charge in [0, 0.05) is 11.5 Å². The van der Waals surface area contributed by atoms with Crippen LogP contribution in [-0.4, -0.2) is 5.16 Å². The van der Waals surface area contributed by atoms with Crippen LogP contribution in [0.3, 0.4) is 0 Å². The minimum Gasteiger partial charge on any atom is -0.361 e. The van der Waals surface area contributed by atoms with Gasteiger partial charge in [0.1, 0.15) is 5.76 Å². The number of rotatable bonds is 2. The maximum atomic E-state index is 5.14. The normalized spacial score (nSPS) is 11.5. The maximum absolute atomic E-state index is 5.14. The fourth-order valence-corrected chi connectivity index (χ4v) is 1.13. The van der Waals surface area contributed by atoms with Crippen LogP contribution in [0.25, 0.3) is 0 Å². The second-order valence-corrected chi connectivity index (χ2v) is 3.45. The minimum atomic E-state index is 0.440. The van der Waals surface area contributed by atoms with Crippen molar-refractivity contribution in [2.75, 3.05) is 0 Å². The molecule has 0 fully saturated rings. The molecule has 1 heterocycles. The van der Waals surface area contributed by atoms with Gasteiger partial charge in [0.05, 0.1) is 6.20 Å². The second kappa shape index (κ2) is 3.07. The van der Waals surface area contributed by atoms with Crippen molar-refractivity contribution >= 4 is 0 Å². The van der Waals surface area contributed by atoms with E-state index in [1.165, 1.54) is 5.56 Å². The molecule has 0 unspecified atom stereocenters. The standard InChI is InChI=1S/C9H15NO/c1-6(2)8-5-10-11-9(8)7(3)4/h5-7H,1-4H3. The molecule has 0 aliphatic rings. The largest absolute Gasteiger partial charge is 0.361 e. The summed E-state index contributed by atoms with van der Waals surface area (Å²) in [5.41, 5.74) is 1.24. The lowest BCUT2D eigenvalue weighted by Crippen LogP contribution is -1.93. The van der Waals surface area contributed by atoms with Crippen molar-refractivity contribution in [2.24, 2.45) is 0 Å². The van der Waals surface area contributed by atoms with Crippen LogP contribution in [-0.2, 0) is 0 Å². The molecule has 62 valence electrons. The van der Waals surface area contributed by atoms with Crippen LogP contribution in [0.5, 0.6) is 0 Å². The lowest BCUT2D eigenvalue weighted by atomic mass is 9.99. The summed E-state index contributed by atoms with van der Waals surface area (Å²) in [5, 5.41) is 3.79. The van der Waals surface area contributed by atoms with E-state index < -0.39 is 0 Å². The number of hydrogen-bond donors (Lipinski definition) is 0. The summed E-state index contributed by atoms with van der Waals surface area (Å²) in [6.45, 7) is 8.54. The van der Waals surface area contributed by atoms with Gasteiger partial charge in [-0.05, 0) is 5.92 Å². The predicted octanol–water partition coefficient (Wildman–Crippen LogP) is 2.92. The van der Waals surface area contributed by atoms with E-state index in [4.69, 9.17) is 4.52 Å². The summed E-state index contributed by atoms with van der Waals surface area (Å²) in [6.07, 6.45) is 1.82. The first-order valence-corrected chi connectivity index (χ1v) is 4.07. The molecule has 11 heavy (non-hydrogen) atoms. The van der Waals surface area contributed by atoms with Crippen molar-refractivity contribution in [3.63, 3.8) is 0 Å². The lowest BCUT2D eigenvalue weighted by molar-refractivity contribution is 0.368. The summed E-state index contributed by atoms with van der Waals surface area (Å²) in [7, 11) is 0. The molecule has 1 aromatic heterocycles. The Kier molecular flexibility index (Phi) is 2.32. The zero-order chi connectivity index (χ0) is 8.43. The molecule has 0 atom stereocenters. The molecule has 0 aliphatic heterocycles. The Labute approximate surface area is 67.6 Å². The molecule has 2 heteroatoms. The molecule has 0 radical (unpaired) electrons. The maximum Gasteiger partial charge on any atom is 0.142 e. The SMILES string of the molecule is CC(C)c1cnoc1C(C)C. The van der Waals surface area contributed by atoms with Crippen LogP contribution >= 0.6 is 0 Å². The van der Waals surface area contributed by atoms with Gasteiger partial charge >= 0.3 is 0 Å². The van der Waals surface area contributed by atoms with E-state index in [0.29, 0.717) is 11.8 Å².